The fourth-order valence-corrected chi connectivity index (χ4v) is 4.07. The molecule has 0 radical (unpaired) electrons. The number of hydrogen-bond donors (Lipinski definition) is 2. The number of carbonyl (C=O) groups excluding carboxylic acids is 2. The van der Waals surface area contributed by atoms with Crippen LogP contribution in [0.2, 0.25) is 0 Å². The maximum atomic E-state index is 12.2. The summed E-state index contributed by atoms with van der Waals surface area (Å²) in [5.41, 5.74) is 0.970. The lowest BCUT2D eigenvalue weighted by atomic mass is 9.94. The van der Waals surface area contributed by atoms with Gasteiger partial charge < -0.3 is 19.9 Å². The van der Waals surface area contributed by atoms with Crippen molar-refractivity contribution in [2.45, 2.75) is 77.2 Å². The summed E-state index contributed by atoms with van der Waals surface area (Å²) in [6.45, 7) is 6.56. The molecule has 2 heterocycles. The quantitative estimate of drug-likeness (QED) is 0.357. The van der Waals surface area contributed by atoms with Gasteiger partial charge in [0.1, 0.15) is 6.10 Å². The number of rotatable bonds is 8. The lowest BCUT2D eigenvalue weighted by molar-refractivity contribution is -0.260. The van der Waals surface area contributed by atoms with Gasteiger partial charge in [-0.2, -0.15) is 0 Å². The van der Waals surface area contributed by atoms with Crippen LogP contribution in [0.25, 0.3) is 0 Å². The van der Waals surface area contributed by atoms with Crippen molar-refractivity contribution >= 4 is 23.0 Å². The van der Waals surface area contributed by atoms with Gasteiger partial charge >= 0.3 is 5.97 Å². The third kappa shape index (κ3) is 7.26. The molecule has 0 aromatic rings. The minimum atomic E-state index is -1.49. The van der Waals surface area contributed by atoms with E-state index in [-0.39, 0.29) is 24.2 Å². The summed E-state index contributed by atoms with van der Waals surface area (Å²) < 4.78 is 11.1. The molecule has 0 aromatic carbocycles. The van der Waals surface area contributed by atoms with Gasteiger partial charge in [0.05, 0.1) is 12.6 Å². The number of ether oxygens (including phenoxy) is 2. The molecule has 2 saturated heterocycles. The summed E-state index contributed by atoms with van der Waals surface area (Å²) >= 11 is 1.20. The number of hydrogen-bond acceptors (Lipinski definition) is 6. The molecule has 4 atom stereocenters. The van der Waals surface area contributed by atoms with Crippen LogP contribution < -0.4 is 5.32 Å². The number of esters is 1. The van der Waals surface area contributed by atoms with E-state index < -0.39 is 17.9 Å². The Kier molecular flexibility index (Phi) is 9.05. The lowest BCUT2D eigenvalue weighted by Crippen LogP contribution is -2.59. The normalized spacial score (nSPS) is 30.1. The summed E-state index contributed by atoms with van der Waals surface area (Å²) in [6, 6.07) is -0.475. The molecule has 158 valence electrons. The molecule has 28 heavy (non-hydrogen) atoms. The van der Waals surface area contributed by atoms with E-state index in [4.69, 9.17) is 9.47 Å². The van der Waals surface area contributed by atoms with Crippen molar-refractivity contribution in [1.82, 2.24) is 5.32 Å². The Labute approximate surface area is 172 Å². The molecule has 0 aliphatic carbocycles. The van der Waals surface area contributed by atoms with Crippen molar-refractivity contribution in [3.05, 3.63) is 23.8 Å². The predicted octanol–water partition coefficient (Wildman–Crippen LogP) is 3.94. The van der Waals surface area contributed by atoms with Crippen molar-refractivity contribution in [3.8, 4) is 0 Å². The fraction of sp³-hybridized carbons (Fsp3) is 0.714. The van der Waals surface area contributed by atoms with Gasteiger partial charge in [0.25, 0.3) is 5.24 Å². The van der Waals surface area contributed by atoms with Crippen LogP contribution in [0.3, 0.4) is 0 Å². The molecule has 7 heteroatoms. The van der Waals surface area contributed by atoms with Gasteiger partial charge in [-0.3, -0.25) is 4.79 Å². The number of thioether (sulfide) groups is 1. The zero-order valence-corrected chi connectivity index (χ0v) is 17.9. The smallest absolute Gasteiger partial charge is 0.330 e. The Bertz CT molecular complexity index is 606. The first-order chi connectivity index (χ1) is 13.3. The van der Waals surface area contributed by atoms with Crippen LogP contribution in [-0.4, -0.2) is 46.6 Å². The van der Waals surface area contributed by atoms with E-state index in [2.05, 4.69) is 31.3 Å². The second kappa shape index (κ2) is 11.0. The average Bonchev–Trinajstić information content (AvgIpc) is 2.65. The summed E-state index contributed by atoms with van der Waals surface area (Å²) in [5.74, 6) is -0.658. The zero-order chi connectivity index (χ0) is 20.6. The van der Waals surface area contributed by atoms with E-state index in [1.54, 1.807) is 0 Å². The maximum absolute atomic E-state index is 12.2. The molecule has 1 amide bonds. The van der Waals surface area contributed by atoms with E-state index >= 15 is 0 Å². The molecular formula is C21H33NO5S. The largest absolute Gasteiger partial charge is 0.459 e. The summed E-state index contributed by atoms with van der Waals surface area (Å²) in [6.07, 6.45) is 9.63. The molecule has 6 nitrogen and oxygen atoms in total. The van der Waals surface area contributed by atoms with Crippen molar-refractivity contribution in [3.63, 3.8) is 0 Å². The lowest BCUT2D eigenvalue weighted by Gasteiger charge is -2.42. The standard InChI is InChI=1S/C21H33NO5S/c1-4-15(2)7-5-6-8-16(3)13-19(23)27-17-9-11-26-21(25,14-17)18-10-12-28-20(24)22-18/h5,7,13,15,17-18,25H,4,6,8-12,14H2,1-3H3,(H,22,24)/b7-5-,16-13-. The summed E-state index contributed by atoms with van der Waals surface area (Å²) in [5, 5.41) is 13.4. The molecule has 0 aromatic heterocycles. The van der Waals surface area contributed by atoms with Gasteiger partial charge in [0, 0.05) is 24.7 Å². The van der Waals surface area contributed by atoms with Gasteiger partial charge in [0.15, 0.2) is 5.79 Å². The highest BCUT2D eigenvalue weighted by Crippen LogP contribution is 2.32. The average molecular weight is 412 g/mol. The molecule has 4 unspecified atom stereocenters. The Hall–Kier alpha value is -1.31. The Morgan fingerprint density at radius 2 is 2.29 bits per heavy atom. The number of allylic oxidation sites excluding steroid dienone is 3. The molecule has 2 N–H and O–H groups in total. The fourth-order valence-electron chi connectivity index (χ4n) is 3.31. The number of nitrogens with one attached hydrogen (secondary N) is 1. The van der Waals surface area contributed by atoms with Gasteiger partial charge in [-0.05, 0) is 32.1 Å². The first-order valence-corrected chi connectivity index (χ1v) is 11.1. The topological polar surface area (TPSA) is 84.9 Å². The Morgan fingerprint density at radius 3 is 3.00 bits per heavy atom. The Balaban J connectivity index is 1.82. The van der Waals surface area contributed by atoms with E-state index in [0.29, 0.717) is 24.5 Å². The number of amides is 1. The highest BCUT2D eigenvalue weighted by atomic mass is 32.2. The molecule has 2 rings (SSSR count). The molecule has 0 spiro atoms. The van der Waals surface area contributed by atoms with Gasteiger partial charge in [-0.25, -0.2) is 4.79 Å². The second-order valence-corrected chi connectivity index (χ2v) is 8.78. The predicted molar refractivity (Wildman–Crippen MR) is 111 cm³/mol. The summed E-state index contributed by atoms with van der Waals surface area (Å²) in [7, 11) is 0. The number of aliphatic hydroxyl groups is 1. The maximum Gasteiger partial charge on any atom is 0.330 e. The molecule has 2 aliphatic rings. The van der Waals surface area contributed by atoms with E-state index in [1.807, 2.05) is 6.92 Å². The Morgan fingerprint density at radius 1 is 1.50 bits per heavy atom. The minimum Gasteiger partial charge on any atom is -0.459 e. The van der Waals surface area contributed by atoms with E-state index in [0.717, 1.165) is 24.8 Å². The summed E-state index contributed by atoms with van der Waals surface area (Å²) in [4.78, 5) is 23.8. The van der Waals surface area contributed by atoms with Crippen LogP contribution >= 0.6 is 11.8 Å². The van der Waals surface area contributed by atoms with Crippen LogP contribution in [0.4, 0.5) is 4.79 Å². The van der Waals surface area contributed by atoms with E-state index in [1.165, 1.54) is 17.8 Å². The second-order valence-electron chi connectivity index (χ2n) is 7.71. The van der Waals surface area contributed by atoms with Gasteiger partial charge in [-0.1, -0.05) is 49.8 Å². The molecule has 0 bridgehead atoms. The zero-order valence-electron chi connectivity index (χ0n) is 17.1. The first kappa shape index (κ1) is 23.0. The van der Waals surface area contributed by atoms with Crippen molar-refractivity contribution in [1.29, 1.82) is 0 Å². The van der Waals surface area contributed by atoms with Crippen LogP contribution in [0.5, 0.6) is 0 Å². The molecule has 2 fully saturated rings. The van der Waals surface area contributed by atoms with Crippen molar-refractivity contribution < 1.29 is 24.2 Å². The third-order valence-corrected chi connectivity index (χ3v) is 6.07. The molecule has 0 saturated carbocycles. The van der Waals surface area contributed by atoms with E-state index in [9.17, 15) is 14.7 Å². The van der Waals surface area contributed by atoms with Crippen LogP contribution in [0, 0.1) is 5.92 Å². The number of carbonyl (C=O) groups is 2. The third-order valence-electron chi connectivity index (χ3n) is 5.25. The highest BCUT2D eigenvalue weighted by Gasteiger charge is 2.45. The van der Waals surface area contributed by atoms with Crippen LogP contribution in [0.15, 0.2) is 23.8 Å². The monoisotopic (exact) mass is 411 g/mol. The van der Waals surface area contributed by atoms with Gasteiger partial charge in [0.2, 0.25) is 0 Å². The SMILES string of the molecule is CCC(C)/C=C\CC/C(C)=C\C(=O)OC1CCOC(O)(C2CCSC(=O)N2)C1. The molecular weight excluding hydrogens is 378 g/mol. The van der Waals surface area contributed by atoms with Crippen LogP contribution in [-0.2, 0) is 14.3 Å². The van der Waals surface area contributed by atoms with Gasteiger partial charge in [-0.15, -0.1) is 0 Å². The molecule has 2 aliphatic heterocycles. The first-order valence-electron chi connectivity index (χ1n) is 10.2. The van der Waals surface area contributed by atoms with Crippen LogP contribution in [0.1, 0.15) is 59.3 Å². The highest BCUT2D eigenvalue weighted by molar-refractivity contribution is 8.13. The minimum absolute atomic E-state index is 0.159. The van der Waals surface area contributed by atoms with Crippen molar-refractivity contribution in [2.24, 2.45) is 5.92 Å². The van der Waals surface area contributed by atoms with Crippen molar-refractivity contribution in [2.75, 3.05) is 12.4 Å².